The summed E-state index contributed by atoms with van der Waals surface area (Å²) in [6.45, 7) is 0.368. The minimum atomic E-state index is 0.184. The molecular formula is C16H12N6O2. The van der Waals surface area contributed by atoms with Crippen LogP contribution in [-0.4, -0.2) is 33.4 Å². The Morgan fingerprint density at radius 2 is 1.25 bits per heavy atom. The van der Waals surface area contributed by atoms with Crippen molar-refractivity contribution >= 4 is 22.1 Å². The van der Waals surface area contributed by atoms with Crippen LogP contribution in [0.5, 0.6) is 11.8 Å². The molecule has 0 fully saturated rings. The zero-order chi connectivity index (χ0) is 16.8. The van der Waals surface area contributed by atoms with Crippen LogP contribution in [0.1, 0.15) is 12.8 Å². The molecule has 0 atom stereocenters. The van der Waals surface area contributed by atoms with Crippen molar-refractivity contribution in [1.29, 1.82) is 10.5 Å². The van der Waals surface area contributed by atoms with Crippen LogP contribution in [-0.2, 0) is 0 Å². The first-order valence-electron chi connectivity index (χ1n) is 7.26. The molecule has 0 aliphatic rings. The van der Waals surface area contributed by atoms with Crippen molar-refractivity contribution in [3.63, 3.8) is 0 Å². The topological polar surface area (TPSA) is 118 Å². The number of fused-ring (bicyclic) bond motifs is 2. The third-order valence-electron chi connectivity index (χ3n) is 3.11. The zero-order valence-corrected chi connectivity index (χ0v) is 12.6. The molecule has 0 saturated carbocycles. The molecule has 0 unspecified atom stereocenters. The van der Waals surface area contributed by atoms with Gasteiger partial charge in [0.25, 0.3) is 11.8 Å². The number of nitrogens with zero attached hydrogens (tertiary/aromatic N) is 6. The number of ether oxygens (including phenoxy) is 2. The van der Waals surface area contributed by atoms with Gasteiger partial charge in [-0.25, -0.2) is 9.97 Å². The maximum atomic E-state index is 8.62. The highest BCUT2D eigenvalue weighted by Crippen LogP contribution is 2.28. The first-order chi connectivity index (χ1) is 11.8. The molecule has 8 heteroatoms. The standard InChI is InChI=1S/C16H12N6O2/c17-7-3-9-23-15-13-14(16(22-21-15)24-10-4-8-18)20-12-6-2-1-5-11(12)19-13/h1-2,5-6H,3-4,9-10H2. The second-order valence-corrected chi connectivity index (χ2v) is 4.73. The van der Waals surface area contributed by atoms with E-state index < -0.39 is 0 Å². The average Bonchev–Trinajstić information content (AvgIpc) is 2.62. The van der Waals surface area contributed by atoms with Gasteiger partial charge >= 0.3 is 0 Å². The Labute approximate surface area is 137 Å². The molecule has 0 saturated heterocycles. The molecule has 0 bridgehead atoms. The van der Waals surface area contributed by atoms with Crippen molar-refractivity contribution in [3.05, 3.63) is 24.3 Å². The summed E-state index contributed by atoms with van der Waals surface area (Å²) in [4.78, 5) is 9.05. The SMILES string of the molecule is N#CCCOc1nnc(OCCC#N)c2nc3ccccc3nc12. The number of rotatable bonds is 6. The summed E-state index contributed by atoms with van der Waals surface area (Å²) < 4.78 is 11.0. The molecule has 3 aromatic rings. The van der Waals surface area contributed by atoms with Crippen molar-refractivity contribution in [2.75, 3.05) is 13.2 Å². The van der Waals surface area contributed by atoms with Gasteiger partial charge in [-0.3, -0.25) is 0 Å². The van der Waals surface area contributed by atoms with Gasteiger partial charge in [0.15, 0.2) is 11.0 Å². The minimum absolute atomic E-state index is 0.184. The normalized spacial score (nSPS) is 10.2. The van der Waals surface area contributed by atoms with Crippen molar-refractivity contribution in [1.82, 2.24) is 20.2 Å². The van der Waals surface area contributed by atoms with Gasteiger partial charge < -0.3 is 9.47 Å². The van der Waals surface area contributed by atoms with E-state index in [1.807, 2.05) is 36.4 Å². The van der Waals surface area contributed by atoms with E-state index in [9.17, 15) is 0 Å². The van der Waals surface area contributed by atoms with E-state index in [1.165, 1.54) is 0 Å². The lowest BCUT2D eigenvalue weighted by Gasteiger charge is -2.09. The summed E-state index contributed by atoms with van der Waals surface area (Å²) in [5.41, 5.74) is 2.19. The fraction of sp³-hybridized carbons (Fsp3) is 0.250. The van der Waals surface area contributed by atoms with E-state index in [-0.39, 0.29) is 37.8 Å². The molecule has 24 heavy (non-hydrogen) atoms. The molecule has 0 aliphatic carbocycles. The van der Waals surface area contributed by atoms with Gasteiger partial charge in [0.05, 0.1) is 36.0 Å². The lowest BCUT2D eigenvalue weighted by Crippen LogP contribution is -2.06. The number of hydrogen-bond acceptors (Lipinski definition) is 8. The fourth-order valence-electron chi connectivity index (χ4n) is 2.06. The Morgan fingerprint density at radius 1 is 0.792 bits per heavy atom. The van der Waals surface area contributed by atoms with Crippen LogP contribution in [0.4, 0.5) is 0 Å². The molecular weight excluding hydrogens is 308 g/mol. The summed E-state index contributed by atoms with van der Waals surface area (Å²) in [6.07, 6.45) is 0.454. The van der Waals surface area contributed by atoms with Gasteiger partial charge in [0, 0.05) is 0 Å². The highest BCUT2D eigenvalue weighted by atomic mass is 16.5. The van der Waals surface area contributed by atoms with E-state index >= 15 is 0 Å². The maximum Gasteiger partial charge on any atom is 0.262 e. The predicted molar refractivity (Wildman–Crippen MR) is 84.1 cm³/mol. The molecule has 0 aliphatic heterocycles. The molecule has 2 heterocycles. The number of hydrogen-bond donors (Lipinski definition) is 0. The Balaban J connectivity index is 2.09. The number of nitriles is 2. The molecule has 8 nitrogen and oxygen atoms in total. The fourth-order valence-corrected chi connectivity index (χ4v) is 2.06. The average molecular weight is 320 g/mol. The summed E-state index contributed by atoms with van der Waals surface area (Å²) in [7, 11) is 0. The van der Waals surface area contributed by atoms with Crippen LogP contribution in [0, 0.1) is 22.7 Å². The highest BCUT2D eigenvalue weighted by molar-refractivity contribution is 5.90. The Bertz CT molecular complexity index is 882. The second-order valence-electron chi connectivity index (χ2n) is 4.73. The molecule has 0 spiro atoms. The van der Waals surface area contributed by atoms with Crippen LogP contribution in [0.3, 0.4) is 0 Å². The van der Waals surface area contributed by atoms with Gasteiger partial charge in [-0.2, -0.15) is 10.5 Å². The van der Waals surface area contributed by atoms with Gasteiger partial charge in [-0.1, -0.05) is 12.1 Å². The Kier molecular flexibility index (Phi) is 4.59. The van der Waals surface area contributed by atoms with E-state index in [0.29, 0.717) is 22.1 Å². The van der Waals surface area contributed by atoms with Crippen molar-refractivity contribution in [2.24, 2.45) is 0 Å². The molecule has 0 radical (unpaired) electrons. The van der Waals surface area contributed by atoms with Crippen molar-refractivity contribution in [3.8, 4) is 23.9 Å². The third kappa shape index (κ3) is 3.13. The Morgan fingerprint density at radius 3 is 1.67 bits per heavy atom. The first kappa shape index (κ1) is 15.4. The molecule has 0 N–H and O–H groups in total. The smallest absolute Gasteiger partial charge is 0.262 e. The van der Waals surface area contributed by atoms with Gasteiger partial charge in [0.2, 0.25) is 0 Å². The predicted octanol–water partition coefficient (Wildman–Crippen LogP) is 2.16. The van der Waals surface area contributed by atoms with Gasteiger partial charge in [-0.15, -0.1) is 10.2 Å². The van der Waals surface area contributed by atoms with E-state index in [4.69, 9.17) is 20.0 Å². The summed E-state index contributed by atoms with van der Waals surface area (Å²) in [5.74, 6) is 0.400. The van der Waals surface area contributed by atoms with Gasteiger partial charge in [0.1, 0.15) is 13.2 Å². The largest absolute Gasteiger partial charge is 0.474 e. The molecule has 1 aromatic carbocycles. The van der Waals surface area contributed by atoms with E-state index in [2.05, 4.69) is 20.2 Å². The van der Waals surface area contributed by atoms with Crippen LogP contribution < -0.4 is 9.47 Å². The summed E-state index contributed by atoms with van der Waals surface area (Å²) in [5, 5.41) is 25.2. The number of aromatic nitrogens is 4. The highest BCUT2D eigenvalue weighted by Gasteiger charge is 2.16. The van der Waals surface area contributed by atoms with E-state index in [0.717, 1.165) is 0 Å². The van der Waals surface area contributed by atoms with Crippen LogP contribution >= 0.6 is 0 Å². The summed E-state index contributed by atoms with van der Waals surface area (Å²) >= 11 is 0. The van der Waals surface area contributed by atoms with Crippen molar-refractivity contribution < 1.29 is 9.47 Å². The zero-order valence-electron chi connectivity index (χ0n) is 12.6. The lowest BCUT2D eigenvalue weighted by molar-refractivity contribution is 0.296. The number of para-hydroxylation sites is 2. The van der Waals surface area contributed by atoms with Crippen LogP contribution in [0.25, 0.3) is 22.1 Å². The molecule has 3 rings (SSSR count). The minimum Gasteiger partial charge on any atom is -0.474 e. The van der Waals surface area contributed by atoms with Crippen LogP contribution in [0.2, 0.25) is 0 Å². The van der Waals surface area contributed by atoms with Crippen molar-refractivity contribution in [2.45, 2.75) is 12.8 Å². The lowest BCUT2D eigenvalue weighted by atomic mass is 10.3. The third-order valence-corrected chi connectivity index (χ3v) is 3.11. The summed E-state index contributed by atoms with van der Waals surface area (Å²) in [6, 6.07) is 11.4. The molecule has 118 valence electrons. The van der Waals surface area contributed by atoms with Crippen LogP contribution in [0.15, 0.2) is 24.3 Å². The Hall–Kier alpha value is -3.52. The first-order valence-corrected chi connectivity index (χ1v) is 7.26. The monoisotopic (exact) mass is 320 g/mol. The molecule has 0 amide bonds. The molecule has 2 aromatic heterocycles. The van der Waals surface area contributed by atoms with Gasteiger partial charge in [-0.05, 0) is 12.1 Å². The number of benzene rings is 1. The second kappa shape index (κ2) is 7.16. The quantitative estimate of drug-likeness (QED) is 0.501. The van der Waals surface area contributed by atoms with E-state index in [1.54, 1.807) is 0 Å². The maximum absolute atomic E-state index is 8.62.